The smallest absolute Gasteiger partial charge is 0.239 e. The lowest BCUT2D eigenvalue weighted by atomic mass is 10.1. The highest BCUT2D eigenvalue weighted by molar-refractivity contribution is 5.93. The van der Waals surface area contributed by atoms with Crippen molar-refractivity contribution >= 4 is 11.8 Å². The first-order valence-electron chi connectivity index (χ1n) is 5.96. The molecule has 1 amide bonds. The Kier molecular flexibility index (Phi) is 3.77. The fourth-order valence-electron chi connectivity index (χ4n) is 1.70. The largest absolute Gasteiger partial charge is 0.338 e. The maximum Gasteiger partial charge on any atom is 0.239 e. The Morgan fingerprint density at radius 2 is 2.06 bits per heavy atom. The normalized spacial score (nSPS) is 10.6. The van der Waals surface area contributed by atoms with Gasteiger partial charge < -0.3 is 4.52 Å². The molecule has 4 nitrogen and oxygen atoms in total. The molecule has 0 saturated carbocycles. The quantitative estimate of drug-likeness (QED) is 0.897. The molecule has 0 aliphatic heterocycles. The van der Waals surface area contributed by atoms with Crippen molar-refractivity contribution in [3.05, 3.63) is 36.5 Å². The van der Waals surface area contributed by atoms with Gasteiger partial charge in [-0.1, -0.05) is 49.3 Å². The van der Waals surface area contributed by atoms with Crippen LogP contribution in [0.5, 0.6) is 0 Å². The number of carbonyl (C=O) groups is 1. The van der Waals surface area contributed by atoms with E-state index in [4.69, 9.17) is 4.52 Å². The molecule has 0 radical (unpaired) electrons. The van der Waals surface area contributed by atoms with E-state index in [1.807, 2.05) is 44.2 Å². The molecule has 0 bridgehead atoms. The van der Waals surface area contributed by atoms with Gasteiger partial charge in [0.15, 0.2) is 0 Å². The van der Waals surface area contributed by atoms with Gasteiger partial charge in [0.25, 0.3) is 0 Å². The number of nitrogens with zero attached hydrogens (tertiary/aromatic N) is 1. The summed E-state index contributed by atoms with van der Waals surface area (Å²) >= 11 is 0. The Balaban J connectivity index is 2.16. The maximum atomic E-state index is 11.7. The van der Waals surface area contributed by atoms with Crippen molar-refractivity contribution in [2.75, 3.05) is 5.32 Å². The summed E-state index contributed by atoms with van der Waals surface area (Å²) in [6, 6.07) is 9.70. The maximum absolute atomic E-state index is 11.7. The van der Waals surface area contributed by atoms with Crippen molar-refractivity contribution in [1.29, 1.82) is 0 Å². The van der Waals surface area contributed by atoms with Gasteiger partial charge in [-0.15, -0.1) is 0 Å². The molecule has 1 aromatic carbocycles. The van der Waals surface area contributed by atoms with Gasteiger partial charge in [-0.3, -0.25) is 10.1 Å². The molecule has 1 heterocycles. The summed E-state index contributed by atoms with van der Waals surface area (Å²) in [4.78, 5) is 11.7. The van der Waals surface area contributed by atoms with Crippen LogP contribution in [-0.2, 0) is 4.79 Å². The molecule has 0 aliphatic carbocycles. The van der Waals surface area contributed by atoms with Crippen LogP contribution in [0, 0.1) is 5.92 Å². The summed E-state index contributed by atoms with van der Waals surface area (Å²) in [6.45, 7) is 4.00. The average Bonchev–Trinajstić information content (AvgIpc) is 2.77. The molecule has 18 heavy (non-hydrogen) atoms. The molecule has 2 rings (SSSR count). The SMILES string of the molecule is CC(C)CC(=O)Nc1oncc1-c1ccccc1. The van der Waals surface area contributed by atoms with E-state index in [0.29, 0.717) is 18.2 Å². The second-order valence-corrected chi connectivity index (χ2v) is 4.58. The van der Waals surface area contributed by atoms with E-state index in [1.54, 1.807) is 6.20 Å². The topological polar surface area (TPSA) is 55.1 Å². The van der Waals surface area contributed by atoms with Crippen molar-refractivity contribution < 1.29 is 9.32 Å². The fourth-order valence-corrected chi connectivity index (χ4v) is 1.70. The second-order valence-electron chi connectivity index (χ2n) is 4.58. The number of hydrogen-bond acceptors (Lipinski definition) is 3. The predicted octanol–water partition coefficient (Wildman–Crippen LogP) is 3.33. The van der Waals surface area contributed by atoms with Gasteiger partial charge in [-0.2, -0.15) is 0 Å². The summed E-state index contributed by atoms with van der Waals surface area (Å²) in [5, 5.41) is 6.49. The molecular formula is C14H16N2O2. The number of carbonyl (C=O) groups excluding carboxylic acids is 1. The zero-order valence-corrected chi connectivity index (χ0v) is 10.5. The van der Waals surface area contributed by atoms with Gasteiger partial charge in [-0.05, 0) is 11.5 Å². The third-order valence-electron chi connectivity index (χ3n) is 2.50. The molecule has 0 saturated heterocycles. The van der Waals surface area contributed by atoms with Crippen molar-refractivity contribution in [3.63, 3.8) is 0 Å². The molecule has 1 aromatic heterocycles. The molecule has 0 unspecified atom stereocenters. The number of aromatic nitrogens is 1. The van der Waals surface area contributed by atoms with E-state index < -0.39 is 0 Å². The first-order valence-corrected chi connectivity index (χ1v) is 5.96. The van der Waals surface area contributed by atoms with Crippen LogP contribution in [-0.4, -0.2) is 11.1 Å². The molecule has 1 N–H and O–H groups in total. The molecular weight excluding hydrogens is 228 g/mol. The Labute approximate surface area is 106 Å². The Morgan fingerprint density at radius 1 is 1.33 bits per heavy atom. The summed E-state index contributed by atoms with van der Waals surface area (Å²) < 4.78 is 5.09. The zero-order valence-electron chi connectivity index (χ0n) is 10.5. The standard InChI is InChI=1S/C14H16N2O2/c1-10(2)8-13(17)16-14-12(9-15-18-14)11-6-4-3-5-7-11/h3-7,9-10H,8H2,1-2H3,(H,16,17). The highest BCUT2D eigenvalue weighted by Crippen LogP contribution is 2.27. The van der Waals surface area contributed by atoms with E-state index in [-0.39, 0.29) is 5.91 Å². The van der Waals surface area contributed by atoms with E-state index >= 15 is 0 Å². The first kappa shape index (κ1) is 12.4. The third kappa shape index (κ3) is 2.97. The van der Waals surface area contributed by atoms with Crippen molar-refractivity contribution in [2.45, 2.75) is 20.3 Å². The summed E-state index contributed by atoms with van der Waals surface area (Å²) in [7, 11) is 0. The summed E-state index contributed by atoms with van der Waals surface area (Å²) in [5.41, 5.74) is 1.77. The number of nitrogens with one attached hydrogen (secondary N) is 1. The number of rotatable bonds is 4. The molecule has 0 atom stereocenters. The van der Waals surface area contributed by atoms with Gasteiger partial charge >= 0.3 is 0 Å². The van der Waals surface area contributed by atoms with Gasteiger partial charge in [0.1, 0.15) is 0 Å². The van der Waals surface area contributed by atoms with Crippen molar-refractivity contribution in [3.8, 4) is 11.1 Å². The minimum absolute atomic E-state index is 0.0565. The van der Waals surface area contributed by atoms with Gasteiger partial charge in [0, 0.05) is 6.42 Å². The van der Waals surface area contributed by atoms with E-state index in [1.165, 1.54) is 0 Å². The van der Waals surface area contributed by atoms with E-state index in [9.17, 15) is 4.79 Å². The lowest BCUT2D eigenvalue weighted by Crippen LogP contribution is -2.13. The summed E-state index contributed by atoms with van der Waals surface area (Å²) in [5.74, 6) is 0.666. The van der Waals surface area contributed by atoms with Crippen LogP contribution in [0.3, 0.4) is 0 Å². The highest BCUT2D eigenvalue weighted by atomic mass is 16.5. The number of benzene rings is 1. The Hall–Kier alpha value is -2.10. The predicted molar refractivity (Wildman–Crippen MR) is 70.0 cm³/mol. The van der Waals surface area contributed by atoms with Gasteiger partial charge in [0.05, 0.1) is 11.8 Å². The lowest BCUT2D eigenvalue weighted by molar-refractivity contribution is -0.116. The average molecular weight is 244 g/mol. The minimum Gasteiger partial charge on any atom is -0.338 e. The molecule has 2 aromatic rings. The van der Waals surface area contributed by atoms with E-state index in [0.717, 1.165) is 11.1 Å². The monoisotopic (exact) mass is 244 g/mol. The first-order chi connectivity index (χ1) is 8.66. The van der Waals surface area contributed by atoms with Crippen molar-refractivity contribution in [1.82, 2.24) is 5.16 Å². The van der Waals surface area contributed by atoms with Gasteiger partial charge in [-0.25, -0.2) is 0 Å². The van der Waals surface area contributed by atoms with Crippen LogP contribution < -0.4 is 5.32 Å². The molecule has 0 spiro atoms. The lowest BCUT2D eigenvalue weighted by Gasteiger charge is -2.05. The van der Waals surface area contributed by atoms with Crippen molar-refractivity contribution in [2.24, 2.45) is 5.92 Å². The molecule has 0 fully saturated rings. The molecule has 4 heteroatoms. The van der Waals surface area contributed by atoms with Gasteiger partial charge in [0.2, 0.25) is 11.8 Å². The number of amides is 1. The third-order valence-corrected chi connectivity index (χ3v) is 2.50. The number of anilines is 1. The Morgan fingerprint density at radius 3 is 2.72 bits per heavy atom. The van der Waals surface area contributed by atoms with Crippen LogP contribution in [0.4, 0.5) is 5.88 Å². The van der Waals surface area contributed by atoms with Crippen LogP contribution in [0.2, 0.25) is 0 Å². The Bertz CT molecular complexity index is 518. The molecule has 94 valence electrons. The van der Waals surface area contributed by atoms with Crippen LogP contribution in [0.1, 0.15) is 20.3 Å². The number of hydrogen-bond donors (Lipinski definition) is 1. The fraction of sp³-hybridized carbons (Fsp3) is 0.286. The zero-order chi connectivity index (χ0) is 13.0. The van der Waals surface area contributed by atoms with Crippen LogP contribution in [0.15, 0.2) is 41.1 Å². The van der Waals surface area contributed by atoms with Crippen LogP contribution in [0.25, 0.3) is 11.1 Å². The minimum atomic E-state index is -0.0565. The van der Waals surface area contributed by atoms with Crippen LogP contribution >= 0.6 is 0 Å². The molecule has 0 aliphatic rings. The van der Waals surface area contributed by atoms with E-state index in [2.05, 4.69) is 10.5 Å². The summed E-state index contributed by atoms with van der Waals surface area (Å²) in [6.07, 6.45) is 2.08. The second kappa shape index (κ2) is 5.49. The highest BCUT2D eigenvalue weighted by Gasteiger charge is 2.13.